The second-order valence-electron chi connectivity index (χ2n) is 2.93. The predicted octanol–water partition coefficient (Wildman–Crippen LogP) is 2.91. The van der Waals surface area contributed by atoms with Crippen molar-refractivity contribution in [3.63, 3.8) is 0 Å². The molecule has 1 nitrogen and oxygen atoms in total. The fourth-order valence-corrected chi connectivity index (χ4v) is 2.01. The molecule has 0 radical (unpaired) electrons. The number of rotatable bonds is 4. The predicted molar refractivity (Wildman–Crippen MR) is 67.0 cm³/mol. The number of thioether (sulfide) groups is 1. The molecular weight excluding hydrogens is 295 g/mol. The molecule has 0 saturated carbocycles. The topological polar surface area (TPSA) is 20.2 Å². The van der Waals surface area contributed by atoms with Gasteiger partial charge in [0.1, 0.15) is 0 Å². The summed E-state index contributed by atoms with van der Waals surface area (Å²) in [4.78, 5) is 0. The van der Waals surface area contributed by atoms with Gasteiger partial charge >= 0.3 is 0 Å². The van der Waals surface area contributed by atoms with Gasteiger partial charge in [0.2, 0.25) is 0 Å². The molecule has 0 bridgehead atoms. The third kappa shape index (κ3) is 4.33. The van der Waals surface area contributed by atoms with E-state index in [-0.39, 0.29) is 6.61 Å². The first kappa shape index (κ1) is 11.3. The van der Waals surface area contributed by atoms with Crippen molar-refractivity contribution in [2.24, 2.45) is 0 Å². The van der Waals surface area contributed by atoms with E-state index in [9.17, 15) is 0 Å². The summed E-state index contributed by atoms with van der Waals surface area (Å²) in [6, 6.07) is 8.50. The smallest absolute Gasteiger partial charge is 0.0547 e. The monoisotopic (exact) mass is 308 g/mol. The lowest BCUT2D eigenvalue weighted by molar-refractivity contribution is 0.300. The van der Waals surface area contributed by atoms with Crippen molar-refractivity contribution < 1.29 is 5.11 Å². The van der Waals surface area contributed by atoms with Crippen molar-refractivity contribution in [1.82, 2.24) is 0 Å². The first-order valence-corrected chi connectivity index (χ1v) is 6.32. The van der Waals surface area contributed by atoms with E-state index >= 15 is 0 Å². The highest BCUT2D eigenvalue weighted by molar-refractivity contribution is 14.1. The largest absolute Gasteiger partial charge is 0.395 e. The van der Waals surface area contributed by atoms with Crippen LogP contribution in [0.2, 0.25) is 0 Å². The van der Waals surface area contributed by atoms with E-state index in [1.165, 1.54) is 9.13 Å². The van der Waals surface area contributed by atoms with Gasteiger partial charge in [-0.2, -0.15) is 11.8 Å². The zero-order chi connectivity index (χ0) is 9.68. The molecule has 1 unspecified atom stereocenters. The van der Waals surface area contributed by atoms with E-state index < -0.39 is 0 Å². The van der Waals surface area contributed by atoms with Crippen LogP contribution >= 0.6 is 34.4 Å². The molecule has 0 spiro atoms. The summed E-state index contributed by atoms with van der Waals surface area (Å²) in [7, 11) is 0. The Bertz CT molecular complexity index is 248. The van der Waals surface area contributed by atoms with E-state index in [4.69, 9.17) is 5.11 Å². The maximum Gasteiger partial charge on any atom is 0.0547 e. The summed E-state index contributed by atoms with van der Waals surface area (Å²) in [6.45, 7) is 2.30. The fraction of sp³-hybridized carbons (Fsp3) is 0.400. The number of halogens is 1. The summed E-state index contributed by atoms with van der Waals surface area (Å²) >= 11 is 4.08. The van der Waals surface area contributed by atoms with Gasteiger partial charge in [-0.3, -0.25) is 0 Å². The first-order valence-electron chi connectivity index (χ1n) is 4.19. The molecule has 1 aromatic rings. The highest BCUT2D eigenvalue weighted by atomic mass is 127. The van der Waals surface area contributed by atoms with Gasteiger partial charge in [-0.25, -0.2) is 0 Å². The van der Waals surface area contributed by atoms with Gasteiger partial charge in [0, 0.05) is 14.6 Å². The molecule has 0 saturated heterocycles. The molecule has 72 valence electrons. The Morgan fingerprint density at radius 3 is 2.54 bits per heavy atom. The van der Waals surface area contributed by atoms with Crippen molar-refractivity contribution in [3.05, 3.63) is 33.4 Å². The van der Waals surface area contributed by atoms with Crippen LogP contribution in [0.5, 0.6) is 0 Å². The molecule has 0 heterocycles. The number of hydrogen-bond acceptors (Lipinski definition) is 2. The number of benzene rings is 1. The minimum absolute atomic E-state index is 0.259. The van der Waals surface area contributed by atoms with Gasteiger partial charge in [-0.15, -0.1) is 0 Å². The molecule has 3 heteroatoms. The van der Waals surface area contributed by atoms with Crippen LogP contribution in [-0.4, -0.2) is 17.0 Å². The van der Waals surface area contributed by atoms with E-state index in [1.807, 2.05) is 6.92 Å². The third-order valence-corrected chi connectivity index (χ3v) is 3.64. The summed E-state index contributed by atoms with van der Waals surface area (Å²) < 4.78 is 1.27. The average Bonchev–Trinajstić information content (AvgIpc) is 2.16. The van der Waals surface area contributed by atoms with E-state index in [1.54, 1.807) is 11.8 Å². The molecule has 0 aliphatic carbocycles. The Balaban J connectivity index is 2.41. The van der Waals surface area contributed by atoms with Crippen LogP contribution < -0.4 is 0 Å². The van der Waals surface area contributed by atoms with Crippen LogP contribution in [0.25, 0.3) is 0 Å². The number of aliphatic hydroxyl groups is 1. The molecule has 1 atom stereocenters. The molecule has 0 aliphatic heterocycles. The summed E-state index contributed by atoms with van der Waals surface area (Å²) in [5.74, 6) is 0.985. The molecule has 0 fully saturated rings. The standard InChI is InChI=1S/C10H13IOS/c1-8(6-12)13-7-9-2-4-10(11)5-3-9/h2-5,8,12H,6-7H2,1H3. The van der Waals surface area contributed by atoms with Gasteiger partial charge in [-0.1, -0.05) is 19.1 Å². The molecule has 1 rings (SSSR count). The van der Waals surface area contributed by atoms with Gasteiger partial charge in [0.15, 0.2) is 0 Å². The lowest BCUT2D eigenvalue weighted by atomic mass is 10.2. The van der Waals surface area contributed by atoms with Crippen LogP contribution in [0.1, 0.15) is 12.5 Å². The quantitative estimate of drug-likeness (QED) is 0.863. The van der Waals surface area contributed by atoms with Crippen LogP contribution in [0, 0.1) is 3.57 Å². The third-order valence-electron chi connectivity index (χ3n) is 1.70. The van der Waals surface area contributed by atoms with Crippen molar-refractivity contribution in [3.8, 4) is 0 Å². The number of hydrogen-bond donors (Lipinski definition) is 1. The summed E-state index contributed by atoms with van der Waals surface area (Å²) in [6.07, 6.45) is 0. The zero-order valence-corrected chi connectivity index (χ0v) is 10.5. The van der Waals surface area contributed by atoms with Gasteiger partial charge < -0.3 is 5.11 Å². The second-order valence-corrected chi connectivity index (χ2v) is 5.60. The molecule has 13 heavy (non-hydrogen) atoms. The van der Waals surface area contributed by atoms with E-state index in [0.29, 0.717) is 5.25 Å². The summed E-state index contributed by atoms with van der Waals surface area (Å²) in [5.41, 5.74) is 1.32. The van der Waals surface area contributed by atoms with Gasteiger partial charge in [0.05, 0.1) is 6.61 Å². The normalized spacial score (nSPS) is 12.8. The molecule has 1 aromatic carbocycles. The maximum absolute atomic E-state index is 8.83. The Labute approximate surface area is 97.1 Å². The average molecular weight is 308 g/mol. The van der Waals surface area contributed by atoms with E-state index in [2.05, 4.69) is 46.9 Å². The Morgan fingerprint density at radius 2 is 2.00 bits per heavy atom. The van der Waals surface area contributed by atoms with Crippen molar-refractivity contribution in [1.29, 1.82) is 0 Å². The Kier molecular flexibility index (Phi) is 5.13. The zero-order valence-electron chi connectivity index (χ0n) is 7.53. The van der Waals surface area contributed by atoms with Gasteiger partial charge in [-0.05, 0) is 40.3 Å². The van der Waals surface area contributed by atoms with Crippen molar-refractivity contribution in [2.75, 3.05) is 6.61 Å². The SMILES string of the molecule is CC(CO)SCc1ccc(I)cc1. The Hall–Kier alpha value is 0.260. The lowest BCUT2D eigenvalue weighted by Crippen LogP contribution is -2.02. The maximum atomic E-state index is 8.83. The summed E-state index contributed by atoms with van der Waals surface area (Å²) in [5, 5.41) is 9.17. The van der Waals surface area contributed by atoms with Crippen LogP contribution in [0.15, 0.2) is 24.3 Å². The highest BCUT2D eigenvalue weighted by Crippen LogP contribution is 2.17. The van der Waals surface area contributed by atoms with Gasteiger partial charge in [0.25, 0.3) is 0 Å². The highest BCUT2D eigenvalue weighted by Gasteiger charge is 2.00. The molecule has 0 aromatic heterocycles. The molecule has 0 amide bonds. The fourth-order valence-electron chi connectivity index (χ4n) is 0.872. The Morgan fingerprint density at radius 1 is 1.38 bits per heavy atom. The second kappa shape index (κ2) is 5.88. The van der Waals surface area contributed by atoms with Crippen molar-refractivity contribution >= 4 is 34.4 Å². The van der Waals surface area contributed by atoms with E-state index in [0.717, 1.165) is 5.75 Å². The van der Waals surface area contributed by atoms with Crippen LogP contribution in [0.4, 0.5) is 0 Å². The van der Waals surface area contributed by atoms with Crippen LogP contribution in [-0.2, 0) is 5.75 Å². The molecule has 0 aliphatic rings. The number of aliphatic hydroxyl groups excluding tert-OH is 1. The first-order chi connectivity index (χ1) is 6.22. The minimum atomic E-state index is 0.259. The minimum Gasteiger partial charge on any atom is -0.395 e. The molecule has 1 N–H and O–H groups in total. The van der Waals surface area contributed by atoms with Crippen molar-refractivity contribution in [2.45, 2.75) is 17.9 Å². The lowest BCUT2D eigenvalue weighted by Gasteiger charge is -2.06. The molecular formula is C10H13IOS. The van der Waals surface area contributed by atoms with Crippen LogP contribution in [0.3, 0.4) is 0 Å².